The second kappa shape index (κ2) is 11.4. The van der Waals surface area contributed by atoms with E-state index in [2.05, 4.69) is 50.2 Å². The van der Waals surface area contributed by atoms with Gasteiger partial charge in [-0.2, -0.15) is 0 Å². The van der Waals surface area contributed by atoms with E-state index < -0.39 is 18.1 Å². The summed E-state index contributed by atoms with van der Waals surface area (Å²) in [5.41, 5.74) is 4.85. The van der Waals surface area contributed by atoms with Gasteiger partial charge in [-0.3, -0.25) is 9.63 Å². The number of methoxy groups -OCH3 is 1. The van der Waals surface area contributed by atoms with E-state index in [1.165, 1.54) is 16.9 Å². The highest BCUT2D eigenvalue weighted by atomic mass is 32.1. The van der Waals surface area contributed by atoms with Crippen molar-refractivity contribution in [1.29, 1.82) is 0 Å². The first kappa shape index (κ1) is 27.0. The van der Waals surface area contributed by atoms with E-state index in [1.54, 1.807) is 7.11 Å². The van der Waals surface area contributed by atoms with Crippen LogP contribution in [-0.2, 0) is 10.3 Å². The van der Waals surface area contributed by atoms with Gasteiger partial charge in [0.2, 0.25) is 0 Å². The van der Waals surface area contributed by atoms with E-state index in [0.717, 1.165) is 33.0 Å². The zero-order valence-corrected chi connectivity index (χ0v) is 24.3. The molecule has 4 nitrogen and oxygen atoms in total. The summed E-state index contributed by atoms with van der Waals surface area (Å²) in [6, 6.07) is 40.4. The Hall–Kier alpha value is -4.19. The fraction of sp³-hybridized carbons (Fsp3) is 0.194. The molecule has 0 spiro atoms. The van der Waals surface area contributed by atoms with E-state index in [4.69, 9.17) is 9.57 Å². The molecule has 1 saturated heterocycles. The lowest BCUT2D eigenvalue weighted by Gasteiger charge is -2.31. The monoisotopic (exact) mass is 559 g/mol. The van der Waals surface area contributed by atoms with Gasteiger partial charge in [0, 0.05) is 11.0 Å². The molecule has 0 N–H and O–H groups in total. The van der Waals surface area contributed by atoms with E-state index in [0.29, 0.717) is 0 Å². The minimum atomic E-state index is -0.514. The third-order valence-corrected chi connectivity index (χ3v) is 9.00. The Labute approximate surface area is 245 Å². The number of benzene rings is 4. The van der Waals surface area contributed by atoms with Gasteiger partial charge in [0.25, 0.3) is 0 Å². The Morgan fingerprint density at radius 1 is 0.805 bits per heavy atom. The predicted molar refractivity (Wildman–Crippen MR) is 166 cm³/mol. The minimum Gasteiger partial charge on any atom is -0.496 e. The molecule has 1 aliphatic heterocycles. The number of rotatable bonds is 8. The fourth-order valence-corrected chi connectivity index (χ4v) is 6.54. The van der Waals surface area contributed by atoms with Crippen molar-refractivity contribution >= 4 is 22.8 Å². The van der Waals surface area contributed by atoms with E-state index in [9.17, 15) is 4.79 Å². The van der Waals surface area contributed by atoms with Gasteiger partial charge in [-0.05, 0) is 52.4 Å². The lowest BCUT2D eigenvalue weighted by molar-refractivity contribution is 0.0602. The van der Waals surface area contributed by atoms with Gasteiger partial charge in [-0.1, -0.05) is 105 Å². The van der Waals surface area contributed by atoms with Crippen molar-refractivity contribution in [2.24, 2.45) is 5.92 Å². The molecule has 0 radical (unpaired) electrons. The van der Waals surface area contributed by atoms with Gasteiger partial charge < -0.3 is 4.74 Å². The van der Waals surface area contributed by atoms with Gasteiger partial charge in [0.15, 0.2) is 5.78 Å². The van der Waals surface area contributed by atoms with Gasteiger partial charge in [0.05, 0.1) is 29.6 Å². The number of para-hydroxylation sites is 1. The predicted octanol–water partition coefficient (Wildman–Crippen LogP) is 8.82. The number of thiophene rings is 1. The summed E-state index contributed by atoms with van der Waals surface area (Å²) in [6.07, 6.45) is -0.480. The SMILES string of the molecule is COc1ccc(C(C)(C)c2ccccc2)cc1C1C(C(=O)c2cccs2)C(c2ccccc2)ON1c1ccccc1. The Balaban J connectivity index is 1.56. The number of hydroxylamine groups is 1. The highest BCUT2D eigenvalue weighted by molar-refractivity contribution is 7.12. The summed E-state index contributed by atoms with van der Waals surface area (Å²) >= 11 is 1.47. The van der Waals surface area contributed by atoms with Crippen LogP contribution in [0.25, 0.3) is 0 Å². The molecular weight excluding hydrogens is 526 g/mol. The molecule has 3 unspecified atom stereocenters. The topological polar surface area (TPSA) is 38.8 Å². The third-order valence-electron chi connectivity index (χ3n) is 8.12. The first-order chi connectivity index (χ1) is 20.0. The van der Waals surface area contributed by atoms with Gasteiger partial charge in [-0.15, -0.1) is 11.3 Å². The average Bonchev–Trinajstić information content (AvgIpc) is 3.71. The van der Waals surface area contributed by atoms with Crippen LogP contribution < -0.4 is 9.80 Å². The van der Waals surface area contributed by atoms with Crippen molar-refractivity contribution in [3.63, 3.8) is 0 Å². The van der Waals surface area contributed by atoms with Crippen LogP contribution in [0, 0.1) is 5.92 Å². The molecule has 0 bridgehead atoms. The first-order valence-electron chi connectivity index (χ1n) is 13.9. The van der Waals surface area contributed by atoms with Crippen LogP contribution in [0.2, 0.25) is 0 Å². The number of carbonyl (C=O) groups is 1. The maximum absolute atomic E-state index is 14.4. The van der Waals surface area contributed by atoms with Crippen molar-refractivity contribution in [3.05, 3.63) is 154 Å². The lowest BCUT2D eigenvalue weighted by Crippen LogP contribution is -2.29. The Morgan fingerprint density at radius 2 is 1.46 bits per heavy atom. The summed E-state index contributed by atoms with van der Waals surface area (Å²) in [4.78, 5) is 21.9. The van der Waals surface area contributed by atoms with Crippen LogP contribution in [0.4, 0.5) is 5.69 Å². The Morgan fingerprint density at radius 3 is 2.10 bits per heavy atom. The number of nitrogens with zero attached hydrogens (tertiary/aromatic N) is 1. The highest BCUT2D eigenvalue weighted by Crippen LogP contribution is 2.52. The maximum Gasteiger partial charge on any atom is 0.181 e. The molecule has 3 atom stereocenters. The normalized spacial score (nSPS) is 18.8. The molecular formula is C36H33NO3S. The minimum absolute atomic E-state index is 0.0621. The van der Waals surface area contributed by atoms with Gasteiger partial charge in [-0.25, -0.2) is 5.06 Å². The van der Waals surface area contributed by atoms with E-state index >= 15 is 0 Å². The molecule has 41 heavy (non-hydrogen) atoms. The fourth-order valence-electron chi connectivity index (χ4n) is 5.83. The van der Waals surface area contributed by atoms with Crippen LogP contribution in [0.5, 0.6) is 5.75 Å². The average molecular weight is 560 g/mol. The Kier molecular flexibility index (Phi) is 7.48. The molecule has 206 valence electrons. The standard InChI is InChI=1S/C36H33NO3S/c1-36(2,26-16-9-5-10-17-26)27-21-22-30(39-3)29(24-27)33-32(34(38)31-20-13-23-41-31)35(25-14-7-4-8-15-25)40-37(33)28-18-11-6-12-19-28/h4-24,32-33,35H,1-3H3. The number of hydrogen-bond acceptors (Lipinski definition) is 5. The number of Topliss-reactive ketones (excluding diaryl/α,β-unsaturated/α-hetero) is 1. The van der Waals surface area contributed by atoms with Crippen LogP contribution in [0.15, 0.2) is 127 Å². The van der Waals surface area contributed by atoms with E-state index in [1.807, 2.05) is 95.4 Å². The lowest BCUT2D eigenvalue weighted by atomic mass is 9.76. The van der Waals surface area contributed by atoms with Crippen LogP contribution >= 0.6 is 11.3 Å². The molecule has 5 heteroatoms. The number of hydrogen-bond donors (Lipinski definition) is 0. The smallest absolute Gasteiger partial charge is 0.181 e. The van der Waals surface area contributed by atoms with Gasteiger partial charge >= 0.3 is 0 Å². The summed E-state index contributed by atoms with van der Waals surface area (Å²) in [5.74, 6) is 0.275. The second-order valence-electron chi connectivity index (χ2n) is 10.9. The zero-order chi connectivity index (χ0) is 28.4. The number of carbonyl (C=O) groups excluding carboxylic acids is 1. The molecule has 1 aliphatic rings. The summed E-state index contributed by atoms with van der Waals surface area (Å²) in [6.45, 7) is 4.46. The van der Waals surface area contributed by atoms with Crippen LogP contribution in [0.1, 0.15) is 57.9 Å². The number of ketones is 1. The second-order valence-corrected chi connectivity index (χ2v) is 11.8. The molecule has 0 amide bonds. The summed E-state index contributed by atoms with van der Waals surface area (Å²) < 4.78 is 5.98. The van der Waals surface area contributed by atoms with Gasteiger partial charge in [0.1, 0.15) is 11.9 Å². The molecule has 2 heterocycles. The Bertz CT molecular complexity index is 1600. The maximum atomic E-state index is 14.4. The third kappa shape index (κ3) is 5.08. The molecule has 1 aromatic heterocycles. The summed E-state index contributed by atoms with van der Waals surface area (Å²) in [7, 11) is 1.69. The van der Waals surface area contributed by atoms with Crippen molar-refractivity contribution in [1.82, 2.24) is 0 Å². The summed E-state index contributed by atoms with van der Waals surface area (Å²) in [5, 5.41) is 3.87. The first-order valence-corrected chi connectivity index (χ1v) is 14.7. The molecule has 6 rings (SSSR count). The van der Waals surface area contributed by atoms with E-state index in [-0.39, 0.29) is 11.2 Å². The van der Waals surface area contributed by atoms with Crippen molar-refractivity contribution in [2.75, 3.05) is 12.2 Å². The van der Waals surface area contributed by atoms with Crippen molar-refractivity contribution in [3.8, 4) is 5.75 Å². The molecule has 1 fully saturated rings. The molecule has 4 aromatic carbocycles. The number of ether oxygens (including phenoxy) is 1. The number of anilines is 1. The molecule has 0 aliphatic carbocycles. The van der Waals surface area contributed by atoms with Crippen LogP contribution in [-0.4, -0.2) is 12.9 Å². The molecule has 5 aromatic rings. The highest BCUT2D eigenvalue weighted by Gasteiger charge is 2.50. The van der Waals surface area contributed by atoms with Crippen LogP contribution in [0.3, 0.4) is 0 Å². The van der Waals surface area contributed by atoms with Crippen molar-refractivity contribution in [2.45, 2.75) is 31.4 Å². The zero-order valence-electron chi connectivity index (χ0n) is 23.4. The quantitative estimate of drug-likeness (QED) is 0.178. The largest absolute Gasteiger partial charge is 0.496 e. The molecule has 0 saturated carbocycles. The van der Waals surface area contributed by atoms with Crippen molar-refractivity contribution < 1.29 is 14.4 Å².